The van der Waals surface area contributed by atoms with Crippen LogP contribution in [0.3, 0.4) is 0 Å². The van der Waals surface area contributed by atoms with Crippen LogP contribution in [0, 0.1) is 11.8 Å². The first kappa shape index (κ1) is 33.7. The van der Waals surface area contributed by atoms with Crippen molar-refractivity contribution in [1.29, 1.82) is 0 Å². The number of likely N-dealkylation sites (tertiary alicyclic amines) is 1. The van der Waals surface area contributed by atoms with Crippen molar-refractivity contribution in [2.45, 2.75) is 103 Å². The number of aromatic nitrogens is 1. The summed E-state index contributed by atoms with van der Waals surface area (Å²) in [7, 11) is -2.85. The fraction of sp³-hybridized carbons (Fsp3) is 0.625. The Morgan fingerprint density at radius 2 is 1.87 bits per heavy atom. The molecule has 1 saturated heterocycles. The van der Waals surface area contributed by atoms with E-state index in [2.05, 4.69) is 15.0 Å². The van der Waals surface area contributed by atoms with E-state index in [4.69, 9.17) is 18.4 Å². The molecule has 14 heteroatoms. The monoisotopic (exact) mass is 660 g/mol. The highest BCUT2D eigenvalue weighted by Gasteiger charge is 2.62. The standard InChI is InChI=1S/C32H44N4O9S/c1-8-21-17-32(21,28(38)35-46(40,41)45-31(12-13-31)19(2)3)34-26(37)25-16-23(18-36(25)29(39)44-30(4,5)6)43-27-24-10-9-22(42-7)15-20(24)11-14-33-27/h9-11,14-15,19,21,23,25H,8,12-13,16-18H2,1-7H3,(H,34,37)(H,35,38)/t21-,23-,25+,32-/m1/s1. The fourth-order valence-electron chi connectivity index (χ4n) is 6.10. The van der Waals surface area contributed by atoms with Crippen LogP contribution in [0.2, 0.25) is 0 Å². The number of methoxy groups -OCH3 is 1. The molecule has 46 heavy (non-hydrogen) atoms. The molecule has 252 valence electrons. The van der Waals surface area contributed by atoms with Crippen LogP contribution in [0.15, 0.2) is 30.5 Å². The number of carbonyl (C=O) groups is 3. The van der Waals surface area contributed by atoms with E-state index in [9.17, 15) is 22.8 Å². The minimum Gasteiger partial charge on any atom is -0.497 e. The summed E-state index contributed by atoms with van der Waals surface area (Å²) in [5.74, 6) is -0.824. The van der Waals surface area contributed by atoms with E-state index in [1.165, 1.54) is 4.90 Å². The van der Waals surface area contributed by atoms with Crippen LogP contribution in [0.4, 0.5) is 4.79 Å². The molecule has 2 aliphatic carbocycles. The lowest BCUT2D eigenvalue weighted by molar-refractivity contribution is -0.132. The molecule has 1 aromatic heterocycles. The fourth-order valence-corrected chi connectivity index (χ4v) is 7.35. The molecule has 2 heterocycles. The molecule has 1 aliphatic heterocycles. The number of carbonyl (C=O) groups excluding carboxylic acids is 3. The summed E-state index contributed by atoms with van der Waals surface area (Å²) in [4.78, 5) is 46.4. The van der Waals surface area contributed by atoms with Crippen molar-refractivity contribution in [3.05, 3.63) is 30.5 Å². The maximum Gasteiger partial charge on any atom is 0.411 e. The zero-order chi connectivity index (χ0) is 33.7. The molecular weight excluding hydrogens is 616 g/mol. The molecule has 3 aliphatic rings. The molecule has 2 N–H and O–H groups in total. The molecule has 0 radical (unpaired) electrons. The first-order valence-corrected chi connectivity index (χ1v) is 17.1. The van der Waals surface area contributed by atoms with Crippen LogP contribution < -0.4 is 19.5 Å². The highest BCUT2D eigenvalue weighted by atomic mass is 32.2. The lowest BCUT2D eigenvalue weighted by Crippen LogP contribution is -2.57. The van der Waals surface area contributed by atoms with E-state index >= 15 is 0 Å². The first-order valence-electron chi connectivity index (χ1n) is 15.7. The molecule has 3 fully saturated rings. The summed E-state index contributed by atoms with van der Waals surface area (Å²) in [6.07, 6.45) is 2.27. The largest absolute Gasteiger partial charge is 0.497 e. The van der Waals surface area contributed by atoms with Crippen molar-refractivity contribution in [3.8, 4) is 11.6 Å². The van der Waals surface area contributed by atoms with Gasteiger partial charge in [0.2, 0.25) is 11.8 Å². The van der Waals surface area contributed by atoms with Gasteiger partial charge in [-0.3, -0.25) is 14.5 Å². The third-order valence-corrected chi connectivity index (χ3v) is 10.0. The Morgan fingerprint density at radius 3 is 2.46 bits per heavy atom. The van der Waals surface area contributed by atoms with Crippen molar-refractivity contribution in [2.75, 3.05) is 13.7 Å². The number of nitrogens with one attached hydrogen (secondary N) is 2. The minimum atomic E-state index is -4.43. The zero-order valence-electron chi connectivity index (χ0n) is 27.4. The number of ether oxygens (including phenoxy) is 3. The molecule has 0 unspecified atom stereocenters. The minimum absolute atomic E-state index is 0.0249. The van der Waals surface area contributed by atoms with Gasteiger partial charge in [0.25, 0.3) is 5.91 Å². The van der Waals surface area contributed by atoms with Gasteiger partial charge in [0.1, 0.15) is 29.0 Å². The van der Waals surface area contributed by atoms with Gasteiger partial charge in [-0.25, -0.2) is 18.7 Å². The number of pyridine rings is 1. The van der Waals surface area contributed by atoms with Crippen LogP contribution in [0.5, 0.6) is 11.6 Å². The highest BCUT2D eigenvalue weighted by molar-refractivity contribution is 7.85. The molecule has 1 aromatic carbocycles. The SMILES string of the molecule is CC[C@@H]1C[C@]1(NC(=O)[C@@H]1C[C@@H](Oc2nccc3cc(OC)ccc23)CN1C(=O)OC(C)(C)C)C(=O)NS(=O)(=O)OC1(C(C)C)CC1. The Morgan fingerprint density at radius 1 is 1.15 bits per heavy atom. The number of fused-ring (bicyclic) bond motifs is 1. The third-order valence-electron chi connectivity index (χ3n) is 9.04. The van der Waals surface area contributed by atoms with Gasteiger partial charge >= 0.3 is 16.4 Å². The molecule has 5 rings (SSSR count). The summed E-state index contributed by atoms with van der Waals surface area (Å²) in [6.45, 7) is 10.8. The molecule has 13 nitrogen and oxygen atoms in total. The number of hydrogen-bond acceptors (Lipinski definition) is 10. The maximum atomic E-state index is 13.9. The number of rotatable bonds is 11. The predicted molar refractivity (Wildman–Crippen MR) is 168 cm³/mol. The van der Waals surface area contributed by atoms with E-state index in [0.717, 1.165) is 10.8 Å². The highest BCUT2D eigenvalue weighted by Crippen LogP contribution is 2.48. The molecule has 2 aromatic rings. The summed E-state index contributed by atoms with van der Waals surface area (Å²) < 4.78 is 50.4. The van der Waals surface area contributed by atoms with Crippen LogP contribution >= 0.6 is 0 Å². The molecule has 2 saturated carbocycles. The quantitative estimate of drug-likeness (QED) is 0.362. The lowest BCUT2D eigenvalue weighted by atomic mass is 10.1. The van der Waals surface area contributed by atoms with Crippen LogP contribution in [-0.4, -0.2) is 78.8 Å². The summed E-state index contributed by atoms with van der Waals surface area (Å²) in [6, 6.07) is 6.24. The third kappa shape index (κ3) is 7.02. The summed E-state index contributed by atoms with van der Waals surface area (Å²) >= 11 is 0. The molecule has 4 atom stereocenters. The Hall–Kier alpha value is -3.65. The number of hydrogen-bond donors (Lipinski definition) is 2. The second kappa shape index (κ2) is 12.2. The Labute approximate surface area is 269 Å². The second-order valence-corrected chi connectivity index (χ2v) is 15.1. The average Bonchev–Trinajstić information content (AvgIpc) is 3.86. The molecular formula is C32H44N4O9S. The molecule has 0 spiro atoms. The summed E-state index contributed by atoms with van der Waals surface area (Å²) in [5.41, 5.74) is -3.12. The number of benzene rings is 1. The average molecular weight is 661 g/mol. The maximum absolute atomic E-state index is 13.9. The van der Waals surface area contributed by atoms with Gasteiger partial charge in [-0.15, -0.1) is 0 Å². The van der Waals surface area contributed by atoms with Crippen molar-refractivity contribution in [1.82, 2.24) is 19.9 Å². The van der Waals surface area contributed by atoms with E-state index in [0.29, 0.717) is 30.9 Å². The number of nitrogens with zero attached hydrogens (tertiary/aromatic N) is 2. The second-order valence-electron chi connectivity index (χ2n) is 13.8. The van der Waals surface area contributed by atoms with Crippen molar-refractivity contribution >= 4 is 39.0 Å². The Balaban J connectivity index is 1.35. The van der Waals surface area contributed by atoms with E-state index in [-0.39, 0.29) is 31.2 Å². The van der Waals surface area contributed by atoms with Crippen molar-refractivity contribution in [2.24, 2.45) is 11.8 Å². The van der Waals surface area contributed by atoms with Gasteiger partial charge in [-0.2, -0.15) is 8.42 Å². The molecule has 0 bridgehead atoms. The van der Waals surface area contributed by atoms with E-state index < -0.39 is 57.1 Å². The predicted octanol–water partition coefficient (Wildman–Crippen LogP) is 3.85. The van der Waals surface area contributed by atoms with Crippen LogP contribution in [-0.2, 0) is 28.8 Å². The van der Waals surface area contributed by atoms with Gasteiger partial charge in [0, 0.05) is 18.0 Å². The van der Waals surface area contributed by atoms with Gasteiger partial charge in [0.05, 0.1) is 19.3 Å². The van der Waals surface area contributed by atoms with Crippen LogP contribution in [0.1, 0.15) is 73.6 Å². The smallest absolute Gasteiger partial charge is 0.411 e. The number of amides is 3. The Bertz CT molecular complexity index is 1620. The van der Waals surface area contributed by atoms with Crippen molar-refractivity contribution < 1.29 is 41.2 Å². The zero-order valence-corrected chi connectivity index (χ0v) is 28.2. The Kier molecular flexibility index (Phi) is 8.92. The van der Waals surface area contributed by atoms with Gasteiger partial charge < -0.3 is 19.5 Å². The van der Waals surface area contributed by atoms with Gasteiger partial charge in [-0.05, 0) is 81.5 Å². The normalized spacial score (nSPS) is 25.2. The van der Waals surface area contributed by atoms with Gasteiger partial charge in [-0.1, -0.05) is 27.2 Å². The molecule has 3 amide bonds. The van der Waals surface area contributed by atoms with E-state index in [1.807, 2.05) is 39.0 Å². The summed E-state index contributed by atoms with van der Waals surface area (Å²) in [5, 5.41) is 4.37. The topological polar surface area (TPSA) is 162 Å². The van der Waals surface area contributed by atoms with E-state index in [1.54, 1.807) is 40.1 Å². The van der Waals surface area contributed by atoms with Gasteiger partial charge in [0.15, 0.2) is 0 Å². The van der Waals surface area contributed by atoms with Crippen LogP contribution in [0.25, 0.3) is 10.8 Å². The first-order chi connectivity index (χ1) is 21.5. The lowest BCUT2D eigenvalue weighted by Gasteiger charge is -2.29. The van der Waals surface area contributed by atoms with Crippen molar-refractivity contribution in [3.63, 3.8) is 0 Å².